The van der Waals surface area contributed by atoms with Crippen molar-refractivity contribution in [2.45, 2.75) is 11.8 Å². The van der Waals surface area contributed by atoms with Crippen LogP contribution in [0.5, 0.6) is 0 Å². The zero-order chi connectivity index (χ0) is 18.8. The minimum Gasteiger partial charge on any atom is -0.339 e. The fraction of sp³-hybridized carbons (Fsp3) is 0.500. The predicted octanol–water partition coefficient (Wildman–Crippen LogP) is 0.609. The number of nitrogens with one attached hydrogen (secondary N) is 1. The predicted molar refractivity (Wildman–Crippen MR) is 92.1 cm³/mol. The topological polar surface area (TPSA) is 113 Å². The van der Waals surface area contributed by atoms with E-state index in [2.05, 4.69) is 5.32 Å². The minimum absolute atomic E-state index is 0.0189. The van der Waals surface area contributed by atoms with Gasteiger partial charge in [0.05, 0.1) is 21.4 Å². The molecule has 25 heavy (non-hydrogen) atoms. The molecule has 0 aliphatic carbocycles. The molecule has 0 atom stereocenters. The van der Waals surface area contributed by atoms with E-state index in [0.29, 0.717) is 26.2 Å². The first-order valence-electron chi connectivity index (χ1n) is 7.54. The van der Waals surface area contributed by atoms with Crippen molar-refractivity contribution < 1.29 is 18.1 Å². The standard InChI is InChI=1S/C14H19ClN4O5S/c1-10-12(15)7-11(8-13(10)19(21)22)25(23,24)17(2)9-14(20)18-5-3-16-4-6-18/h7-8,16H,3-6,9H2,1-2H3. The Morgan fingerprint density at radius 1 is 1.40 bits per heavy atom. The van der Waals surface area contributed by atoms with Gasteiger partial charge in [-0.1, -0.05) is 11.6 Å². The number of nitrogens with zero attached hydrogens (tertiary/aromatic N) is 3. The van der Waals surface area contributed by atoms with Crippen molar-refractivity contribution in [3.63, 3.8) is 0 Å². The van der Waals surface area contributed by atoms with Gasteiger partial charge in [-0.15, -0.1) is 0 Å². The number of carbonyl (C=O) groups is 1. The smallest absolute Gasteiger partial charge is 0.275 e. The largest absolute Gasteiger partial charge is 0.339 e. The molecule has 9 nitrogen and oxygen atoms in total. The summed E-state index contributed by atoms with van der Waals surface area (Å²) < 4.78 is 26.2. The molecule has 0 radical (unpaired) electrons. The van der Waals surface area contributed by atoms with Crippen LogP contribution in [0.4, 0.5) is 5.69 Å². The second-order valence-electron chi connectivity index (χ2n) is 5.70. The molecule has 2 rings (SSSR count). The number of rotatable bonds is 5. The van der Waals surface area contributed by atoms with Gasteiger partial charge in [0, 0.05) is 44.9 Å². The summed E-state index contributed by atoms with van der Waals surface area (Å²) >= 11 is 5.93. The lowest BCUT2D eigenvalue weighted by molar-refractivity contribution is -0.385. The number of likely N-dealkylation sites (N-methyl/N-ethyl adjacent to an activating group) is 1. The number of halogens is 1. The number of piperazine rings is 1. The van der Waals surface area contributed by atoms with Gasteiger partial charge in [0.2, 0.25) is 15.9 Å². The lowest BCUT2D eigenvalue weighted by Gasteiger charge is -2.29. The van der Waals surface area contributed by atoms with Crippen molar-refractivity contribution in [2.24, 2.45) is 0 Å². The van der Waals surface area contributed by atoms with E-state index in [1.54, 1.807) is 4.90 Å². The average molecular weight is 391 g/mol. The third-order valence-corrected chi connectivity index (χ3v) is 6.20. The third kappa shape index (κ3) is 4.27. The Morgan fingerprint density at radius 2 is 2.00 bits per heavy atom. The van der Waals surface area contributed by atoms with Gasteiger partial charge in [0.1, 0.15) is 0 Å². The van der Waals surface area contributed by atoms with Gasteiger partial charge in [0.15, 0.2) is 0 Å². The van der Waals surface area contributed by atoms with E-state index in [0.717, 1.165) is 16.4 Å². The van der Waals surface area contributed by atoms with Crippen LogP contribution >= 0.6 is 11.6 Å². The SMILES string of the molecule is Cc1c(Cl)cc(S(=O)(=O)N(C)CC(=O)N2CCNCC2)cc1[N+](=O)[O-]. The van der Waals surface area contributed by atoms with Gasteiger partial charge >= 0.3 is 0 Å². The van der Waals surface area contributed by atoms with Crippen molar-refractivity contribution in [3.05, 3.63) is 32.8 Å². The highest BCUT2D eigenvalue weighted by atomic mass is 35.5. The molecule has 1 aromatic carbocycles. The highest BCUT2D eigenvalue weighted by Gasteiger charge is 2.28. The molecule has 1 aromatic rings. The molecule has 138 valence electrons. The summed E-state index contributed by atoms with van der Waals surface area (Å²) in [7, 11) is -2.83. The monoisotopic (exact) mass is 390 g/mol. The third-order valence-electron chi connectivity index (χ3n) is 4.02. The molecule has 1 heterocycles. The molecule has 0 saturated carbocycles. The van der Waals surface area contributed by atoms with Gasteiger partial charge in [-0.05, 0) is 13.0 Å². The van der Waals surface area contributed by atoms with E-state index < -0.39 is 14.9 Å². The van der Waals surface area contributed by atoms with Crippen LogP contribution in [-0.2, 0) is 14.8 Å². The highest BCUT2D eigenvalue weighted by Crippen LogP contribution is 2.30. The maximum Gasteiger partial charge on any atom is 0.275 e. The molecule has 0 aromatic heterocycles. The van der Waals surface area contributed by atoms with Crippen LogP contribution in [0.3, 0.4) is 0 Å². The molecule has 11 heteroatoms. The van der Waals surface area contributed by atoms with E-state index in [4.69, 9.17) is 11.6 Å². The van der Waals surface area contributed by atoms with Gasteiger partial charge in [-0.2, -0.15) is 4.31 Å². The zero-order valence-electron chi connectivity index (χ0n) is 13.9. The number of nitro groups is 1. The molecule has 0 bridgehead atoms. The van der Waals surface area contributed by atoms with Crippen LogP contribution in [0, 0.1) is 17.0 Å². The Labute approximate surface area is 150 Å². The number of carbonyl (C=O) groups excluding carboxylic acids is 1. The molecule has 1 fully saturated rings. The van der Waals surface area contributed by atoms with E-state index in [1.807, 2.05) is 0 Å². The molecule has 1 saturated heterocycles. The number of hydrogen-bond donors (Lipinski definition) is 1. The van der Waals surface area contributed by atoms with Crippen LogP contribution in [0.2, 0.25) is 5.02 Å². The Hall–Kier alpha value is -1.75. The molecule has 0 unspecified atom stereocenters. The zero-order valence-corrected chi connectivity index (χ0v) is 15.4. The molecular weight excluding hydrogens is 372 g/mol. The Morgan fingerprint density at radius 3 is 2.56 bits per heavy atom. The van der Waals surface area contributed by atoms with Crippen molar-refractivity contribution >= 4 is 33.2 Å². The summed E-state index contributed by atoms with van der Waals surface area (Å²) in [6.45, 7) is 3.42. The lowest BCUT2D eigenvalue weighted by Crippen LogP contribution is -2.49. The minimum atomic E-state index is -4.09. The molecular formula is C14H19ClN4O5S. The number of amides is 1. The number of hydrogen-bond acceptors (Lipinski definition) is 6. The molecule has 0 spiro atoms. The number of sulfonamides is 1. The summed E-state index contributed by atoms with van der Waals surface area (Å²) in [5.41, 5.74) is -0.196. The van der Waals surface area contributed by atoms with Crippen LogP contribution in [-0.4, -0.2) is 68.2 Å². The van der Waals surface area contributed by atoms with E-state index >= 15 is 0 Å². The first kappa shape index (κ1) is 19.6. The Balaban J connectivity index is 2.25. The number of nitro benzene ring substituents is 1. The summed E-state index contributed by atoms with van der Waals surface area (Å²) in [5.74, 6) is -0.319. The fourth-order valence-electron chi connectivity index (χ4n) is 2.45. The quantitative estimate of drug-likeness (QED) is 0.582. The van der Waals surface area contributed by atoms with Crippen LogP contribution < -0.4 is 5.32 Å². The summed E-state index contributed by atoms with van der Waals surface area (Å²) in [6.07, 6.45) is 0. The van der Waals surface area contributed by atoms with Gasteiger partial charge in [-0.3, -0.25) is 14.9 Å². The van der Waals surface area contributed by atoms with Crippen molar-refractivity contribution in [3.8, 4) is 0 Å². The van der Waals surface area contributed by atoms with Crippen molar-refractivity contribution in [1.29, 1.82) is 0 Å². The second-order valence-corrected chi connectivity index (χ2v) is 8.15. The van der Waals surface area contributed by atoms with E-state index in [-0.39, 0.29) is 33.6 Å². The first-order valence-corrected chi connectivity index (χ1v) is 9.35. The normalized spacial score (nSPS) is 15.4. The molecule has 1 amide bonds. The molecule has 1 N–H and O–H groups in total. The Kier molecular flexibility index (Phi) is 5.99. The summed E-state index contributed by atoms with van der Waals surface area (Å²) in [6, 6.07) is 2.12. The average Bonchev–Trinajstić information content (AvgIpc) is 2.57. The van der Waals surface area contributed by atoms with Gasteiger partial charge in [-0.25, -0.2) is 8.42 Å². The maximum atomic E-state index is 12.7. The summed E-state index contributed by atoms with van der Waals surface area (Å²) in [4.78, 5) is 23.9. The van der Waals surface area contributed by atoms with Crippen molar-refractivity contribution in [2.75, 3.05) is 39.8 Å². The maximum absolute atomic E-state index is 12.7. The van der Waals surface area contributed by atoms with Gasteiger partial charge < -0.3 is 10.2 Å². The second kappa shape index (κ2) is 7.65. The van der Waals surface area contributed by atoms with E-state index in [1.165, 1.54) is 14.0 Å². The van der Waals surface area contributed by atoms with Crippen LogP contribution in [0.25, 0.3) is 0 Å². The first-order chi connectivity index (χ1) is 11.6. The Bertz CT molecular complexity index is 793. The van der Waals surface area contributed by atoms with Crippen molar-refractivity contribution in [1.82, 2.24) is 14.5 Å². The highest BCUT2D eigenvalue weighted by molar-refractivity contribution is 7.89. The lowest BCUT2D eigenvalue weighted by atomic mass is 10.2. The fourth-order valence-corrected chi connectivity index (χ4v) is 3.90. The molecule has 1 aliphatic rings. The summed E-state index contributed by atoms with van der Waals surface area (Å²) in [5, 5.41) is 14.2. The number of benzene rings is 1. The van der Waals surface area contributed by atoms with Crippen LogP contribution in [0.1, 0.15) is 5.56 Å². The van der Waals surface area contributed by atoms with E-state index in [9.17, 15) is 23.3 Å². The van der Waals surface area contributed by atoms with Gasteiger partial charge in [0.25, 0.3) is 5.69 Å². The molecule has 1 aliphatic heterocycles. The van der Waals surface area contributed by atoms with Crippen LogP contribution in [0.15, 0.2) is 17.0 Å².